The van der Waals surface area contributed by atoms with Gasteiger partial charge in [0.25, 0.3) is 10.0 Å². The summed E-state index contributed by atoms with van der Waals surface area (Å²) in [4.78, 5) is 28.5. The topological polar surface area (TPSA) is 86.8 Å². The summed E-state index contributed by atoms with van der Waals surface area (Å²) in [6.07, 6.45) is -4.95. The van der Waals surface area contributed by atoms with Crippen molar-refractivity contribution in [1.29, 1.82) is 0 Å². The van der Waals surface area contributed by atoms with Gasteiger partial charge in [-0.05, 0) is 48.9 Å². The third-order valence-electron chi connectivity index (χ3n) is 7.07. The number of rotatable bonds is 12. The van der Waals surface area contributed by atoms with Gasteiger partial charge >= 0.3 is 6.18 Å². The average molecular weight is 676 g/mol. The Morgan fingerprint density at radius 2 is 1.50 bits per heavy atom. The first-order valence-electron chi connectivity index (χ1n) is 14.1. The molecule has 13 heteroatoms. The molecule has 0 aliphatic heterocycles. The van der Waals surface area contributed by atoms with Gasteiger partial charge in [-0.3, -0.25) is 13.9 Å². The molecule has 1 N–H and O–H groups in total. The number of hydrogen-bond donors (Lipinski definition) is 1. The van der Waals surface area contributed by atoms with Gasteiger partial charge in [-0.2, -0.15) is 13.2 Å². The predicted molar refractivity (Wildman–Crippen MR) is 167 cm³/mol. The Balaban J connectivity index is 1.86. The monoisotopic (exact) mass is 675 g/mol. The summed E-state index contributed by atoms with van der Waals surface area (Å²) in [5.41, 5.74) is -1.09. The van der Waals surface area contributed by atoms with Crippen LogP contribution in [0.1, 0.15) is 23.6 Å². The highest BCUT2D eigenvalue weighted by molar-refractivity contribution is 7.92. The van der Waals surface area contributed by atoms with Crippen molar-refractivity contribution in [3.63, 3.8) is 0 Å². The Labute approximate surface area is 269 Å². The Morgan fingerprint density at radius 1 is 0.891 bits per heavy atom. The number of halogens is 5. The van der Waals surface area contributed by atoms with Crippen LogP contribution in [0.5, 0.6) is 0 Å². The molecule has 0 aliphatic carbocycles. The van der Waals surface area contributed by atoms with Gasteiger partial charge in [-0.1, -0.05) is 78.3 Å². The second-order valence-electron chi connectivity index (χ2n) is 10.2. The van der Waals surface area contributed by atoms with E-state index in [1.54, 1.807) is 43.3 Å². The molecule has 0 fully saturated rings. The van der Waals surface area contributed by atoms with Crippen LogP contribution in [-0.2, 0) is 38.8 Å². The summed E-state index contributed by atoms with van der Waals surface area (Å²) in [5.74, 6) is -2.21. The zero-order valence-corrected chi connectivity index (χ0v) is 26.1. The number of benzene rings is 4. The van der Waals surface area contributed by atoms with E-state index in [1.165, 1.54) is 48.5 Å². The van der Waals surface area contributed by atoms with Crippen LogP contribution < -0.4 is 9.62 Å². The molecule has 0 spiro atoms. The van der Waals surface area contributed by atoms with Gasteiger partial charge in [0.2, 0.25) is 11.8 Å². The van der Waals surface area contributed by atoms with Crippen LogP contribution in [0.3, 0.4) is 0 Å². The highest BCUT2D eigenvalue weighted by atomic mass is 35.5. The second kappa shape index (κ2) is 14.8. The highest BCUT2D eigenvalue weighted by Gasteiger charge is 2.37. The van der Waals surface area contributed by atoms with Gasteiger partial charge in [0.1, 0.15) is 18.4 Å². The van der Waals surface area contributed by atoms with Crippen LogP contribution >= 0.6 is 11.6 Å². The van der Waals surface area contributed by atoms with Gasteiger partial charge in [0.15, 0.2) is 0 Å². The maximum atomic E-state index is 14.9. The minimum absolute atomic E-state index is 0.0164. The number of alkyl halides is 3. The Bertz CT molecular complexity index is 1770. The van der Waals surface area contributed by atoms with Gasteiger partial charge < -0.3 is 10.2 Å². The molecular formula is C33H30ClF4N3O4S. The number of hydrogen-bond acceptors (Lipinski definition) is 4. The van der Waals surface area contributed by atoms with E-state index in [0.29, 0.717) is 15.9 Å². The summed E-state index contributed by atoms with van der Waals surface area (Å²) in [5, 5.41) is 2.01. The molecule has 0 heterocycles. The molecule has 0 saturated heterocycles. The van der Waals surface area contributed by atoms with Gasteiger partial charge in [0.05, 0.1) is 21.2 Å². The van der Waals surface area contributed by atoms with Crippen molar-refractivity contribution in [2.24, 2.45) is 0 Å². The first-order valence-corrected chi connectivity index (χ1v) is 15.9. The third kappa shape index (κ3) is 8.24. The Hall–Kier alpha value is -4.42. The van der Waals surface area contributed by atoms with Gasteiger partial charge in [-0.15, -0.1) is 0 Å². The van der Waals surface area contributed by atoms with Crippen molar-refractivity contribution in [2.45, 2.75) is 37.0 Å². The molecule has 0 bridgehead atoms. The van der Waals surface area contributed by atoms with Crippen molar-refractivity contribution in [3.8, 4) is 0 Å². The lowest BCUT2D eigenvalue weighted by Gasteiger charge is -2.34. The lowest BCUT2D eigenvalue weighted by molar-refractivity contribution is -0.140. The van der Waals surface area contributed by atoms with Crippen LogP contribution in [0, 0.1) is 5.82 Å². The smallest absolute Gasteiger partial charge is 0.355 e. The number of sulfonamides is 1. The molecule has 7 nitrogen and oxygen atoms in total. The Kier molecular flexibility index (Phi) is 11.1. The second-order valence-corrected chi connectivity index (χ2v) is 12.5. The summed E-state index contributed by atoms with van der Waals surface area (Å²) in [7, 11) is -4.65. The maximum absolute atomic E-state index is 14.9. The number of carbonyl (C=O) groups is 2. The lowest BCUT2D eigenvalue weighted by Crippen LogP contribution is -2.53. The number of likely N-dealkylation sites (N-methyl/N-ethyl adjacent to an activating group) is 1. The molecule has 0 aliphatic rings. The number of amides is 2. The van der Waals surface area contributed by atoms with Crippen LogP contribution in [-0.4, -0.2) is 44.3 Å². The number of nitrogens with one attached hydrogen (secondary N) is 1. The fourth-order valence-corrected chi connectivity index (χ4v) is 6.44. The van der Waals surface area contributed by atoms with Crippen molar-refractivity contribution in [3.05, 3.63) is 131 Å². The molecule has 1 atom stereocenters. The van der Waals surface area contributed by atoms with Gasteiger partial charge in [-0.25, -0.2) is 12.8 Å². The molecule has 242 valence electrons. The molecule has 0 radical (unpaired) electrons. The summed E-state index contributed by atoms with van der Waals surface area (Å²) < 4.78 is 84.9. The SMILES string of the molecule is CCNC(=O)[C@@H](Cc1ccccc1)N(Cc1ccccc1F)C(=O)CN(c1ccc(Cl)c(C(F)(F)F)c1)S(=O)(=O)c1ccccc1. The number of carbonyl (C=O) groups excluding carboxylic acids is 2. The van der Waals surface area contributed by atoms with E-state index in [0.717, 1.165) is 17.0 Å². The minimum Gasteiger partial charge on any atom is -0.355 e. The quantitative estimate of drug-likeness (QED) is 0.175. The fourth-order valence-electron chi connectivity index (χ4n) is 4.79. The zero-order chi connectivity index (χ0) is 33.5. The molecule has 4 aromatic rings. The normalized spacial score (nSPS) is 12.3. The first kappa shape index (κ1) is 34.5. The van der Waals surface area contributed by atoms with Crippen LogP contribution in [0.15, 0.2) is 108 Å². The largest absolute Gasteiger partial charge is 0.417 e. The summed E-state index contributed by atoms with van der Waals surface area (Å²) >= 11 is 5.82. The maximum Gasteiger partial charge on any atom is 0.417 e. The van der Waals surface area contributed by atoms with Crippen LogP contribution in [0.4, 0.5) is 23.2 Å². The van der Waals surface area contributed by atoms with Crippen LogP contribution in [0.25, 0.3) is 0 Å². The number of nitrogens with zero attached hydrogens (tertiary/aromatic N) is 2. The molecule has 4 aromatic carbocycles. The summed E-state index contributed by atoms with van der Waals surface area (Å²) in [6.45, 7) is 0.419. The molecule has 4 rings (SSSR count). The first-order chi connectivity index (χ1) is 21.8. The molecule has 46 heavy (non-hydrogen) atoms. The van der Waals surface area contributed by atoms with E-state index in [-0.39, 0.29) is 23.4 Å². The molecule has 2 amide bonds. The molecular weight excluding hydrogens is 646 g/mol. The van der Waals surface area contributed by atoms with E-state index in [9.17, 15) is 35.6 Å². The van der Waals surface area contributed by atoms with E-state index in [4.69, 9.17) is 11.6 Å². The lowest BCUT2D eigenvalue weighted by atomic mass is 10.0. The van der Waals surface area contributed by atoms with Crippen molar-refractivity contribution < 1.29 is 35.6 Å². The minimum atomic E-state index is -4.94. The predicted octanol–water partition coefficient (Wildman–Crippen LogP) is 6.47. The molecule has 0 saturated carbocycles. The number of anilines is 1. The molecule has 0 unspecified atom stereocenters. The van der Waals surface area contributed by atoms with Crippen molar-refractivity contribution >= 4 is 39.1 Å². The van der Waals surface area contributed by atoms with E-state index in [2.05, 4.69) is 5.32 Å². The fraction of sp³-hybridized carbons (Fsp3) is 0.212. The highest BCUT2D eigenvalue weighted by Crippen LogP contribution is 2.38. The van der Waals surface area contributed by atoms with Crippen LogP contribution in [0.2, 0.25) is 5.02 Å². The van der Waals surface area contributed by atoms with E-state index in [1.807, 2.05) is 0 Å². The van der Waals surface area contributed by atoms with E-state index < -0.39 is 69.2 Å². The standard InChI is InChI=1S/C33H30ClF4N3O4S/c1-2-39-32(43)30(19-23-11-5-3-6-12-23)40(21-24-13-9-10-16-29(24)35)31(42)22-41(46(44,45)26-14-7-4-8-15-26)25-17-18-28(34)27(20-25)33(36,37)38/h3-18,20,30H,2,19,21-22H2,1H3,(H,39,43)/t30-/m1/s1. The summed E-state index contributed by atoms with van der Waals surface area (Å²) in [6, 6.07) is 22.4. The Morgan fingerprint density at radius 3 is 2.11 bits per heavy atom. The molecule has 0 aromatic heterocycles. The zero-order valence-electron chi connectivity index (χ0n) is 24.5. The van der Waals surface area contributed by atoms with Gasteiger partial charge in [0, 0.05) is 25.1 Å². The van der Waals surface area contributed by atoms with Crippen molar-refractivity contribution in [2.75, 3.05) is 17.4 Å². The average Bonchev–Trinajstić information content (AvgIpc) is 3.03. The van der Waals surface area contributed by atoms with E-state index >= 15 is 0 Å². The van der Waals surface area contributed by atoms with Crippen molar-refractivity contribution in [1.82, 2.24) is 10.2 Å². The third-order valence-corrected chi connectivity index (χ3v) is 9.19.